The fraction of sp³-hybridized carbons (Fsp3) is 0.226. The van der Waals surface area contributed by atoms with E-state index in [2.05, 4.69) is 108 Å². The highest BCUT2D eigenvalue weighted by molar-refractivity contribution is 6.02. The Bertz CT molecular complexity index is 1480. The number of nitrogens with one attached hydrogen (secondary N) is 1. The highest BCUT2D eigenvalue weighted by Gasteiger charge is 2.23. The minimum atomic E-state index is 0.522. The normalized spacial score (nSPS) is 11.4. The number of hydrogen-bond acceptors (Lipinski definition) is 3. The number of benzene rings is 3. The molecular weight excluding hydrogens is 442 g/mol. The summed E-state index contributed by atoms with van der Waals surface area (Å²) in [5, 5.41) is 10.2. The van der Waals surface area contributed by atoms with E-state index in [4.69, 9.17) is 4.98 Å². The lowest BCUT2D eigenvalue weighted by molar-refractivity contribution is 0.383. The number of aromatic nitrogens is 3. The molecule has 0 amide bonds. The molecule has 0 saturated heterocycles. The van der Waals surface area contributed by atoms with E-state index in [-0.39, 0.29) is 0 Å². The van der Waals surface area contributed by atoms with Crippen LogP contribution in [0.15, 0.2) is 97.3 Å². The third-order valence-corrected chi connectivity index (χ3v) is 6.66. The van der Waals surface area contributed by atoms with Gasteiger partial charge in [0.25, 0.3) is 0 Å². The van der Waals surface area contributed by atoms with Crippen molar-refractivity contribution in [1.29, 1.82) is 5.41 Å². The molecule has 0 spiro atoms. The quantitative estimate of drug-likeness (QED) is 0.291. The molecular formula is C31H33N5. The number of rotatable bonds is 9. The summed E-state index contributed by atoms with van der Waals surface area (Å²) < 4.78 is 4.32. The zero-order valence-corrected chi connectivity index (χ0v) is 21.1. The Morgan fingerprint density at radius 1 is 0.778 bits per heavy atom. The molecule has 0 fully saturated rings. The van der Waals surface area contributed by atoms with E-state index >= 15 is 0 Å². The Kier molecular flexibility index (Phi) is 7.10. The van der Waals surface area contributed by atoms with E-state index in [1.165, 1.54) is 5.56 Å². The summed E-state index contributed by atoms with van der Waals surface area (Å²) in [6.07, 6.45) is 3.71. The maximum absolute atomic E-state index is 9.28. The third kappa shape index (κ3) is 4.88. The molecule has 0 saturated carbocycles. The largest absolute Gasteiger partial charge is 0.324 e. The van der Waals surface area contributed by atoms with Gasteiger partial charge in [-0.05, 0) is 50.2 Å². The van der Waals surface area contributed by atoms with Crippen molar-refractivity contribution in [3.63, 3.8) is 0 Å². The van der Waals surface area contributed by atoms with Gasteiger partial charge in [0.1, 0.15) is 11.1 Å². The van der Waals surface area contributed by atoms with E-state index in [0.29, 0.717) is 5.49 Å². The van der Waals surface area contributed by atoms with E-state index in [1.54, 1.807) is 0 Å². The van der Waals surface area contributed by atoms with Gasteiger partial charge >= 0.3 is 0 Å². The summed E-state index contributed by atoms with van der Waals surface area (Å²) in [5.41, 5.74) is 7.15. The summed E-state index contributed by atoms with van der Waals surface area (Å²) in [6, 6.07) is 31.6. The molecule has 0 aliphatic heterocycles. The van der Waals surface area contributed by atoms with Crippen LogP contribution in [0.2, 0.25) is 0 Å². The van der Waals surface area contributed by atoms with Crippen LogP contribution < -0.4 is 5.49 Å². The topological polar surface area (TPSA) is 49.8 Å². The minimum absolute atomic E-state index is 0.522. The number of aryl methyl sites for hydroxylation is 3. The van der Waals surface area contributed by atoms with E-state index in [9.17, 15) is 5.41 Å². The molecule has 2 heterocycles. The molecule has 5 heteroatoms. The molecule has 2 aromatic heterocycles. The predicted molar refractivity (Wildman–Crippen MR) is 148 cm³/mol. The smallest absolute Gasteiger partial charge is 0.146 e. The Hall–Kier alpha value is -3.96. The highest BCUT2D eigenvalue weighted by Crippen LogP contribution is 2.39. The van der Waals surface area contributed by atoms with Crippen molar-refractivity contribution in [1.82, 2.24) is 19.0 Å². The fourth-order valence-electron chi connectivity index (χ4n) is 4.90. The molecule has 5 aromatic rings. The van der Waals surface area contributed by atoms with Crippen LogP contribution >= 0.6 is 0 Å². The molecule has 3 aromatic carbocycles. The standard InChI is InChI=1S/C31H33N5/c1-34(2)20-12-21-35-23-33-31-28(30(35)32)27(25-15-8-4-9-16-25)29(26-17-10-5-11-18-26)36(31)22-19-24-13-6-3-7-14-24/h3-11,13-18,23,32H,12,19-22H2,1-2H3. The molecule has 36 heavy (non-hydrogen) atoms. The molecule has 5 nitrogen and oxygen atoms in total. The van der Waals surface area contributed by atoms with Crippen LogP contribution in [0.1, 0.15) is 12.0 Å². The number of fused-ring (bicyclic) bond motifs is 1. The predicted octanol–water partition coefficient (Wildman–Crippen LogP) is 5.85. The fourth-order valence-corrected chi connectivity index (χ4v) is 4.90. The summed E-state index contributed by atoms with van der Waals surface area (Å²) in [5.74, 6) is 0. The second kappa shape index (κ2) is 10.8. The SMILES string of the molecule is CN(C)CCCn1cnc2c(c(-c3ccccc3)c(-c3ccccc3)n2CCc2ccccc2)c1=N. The number of nitrogens with zero attached hydrogens (tertiary/aromatic N) is 4. The van der Waals surface area contributed by atoms with Crippen LogP contribution in [0.25, 0.3) is 33.4 Å². The molecule has 0 atom stereocenters. The van der Waals surface area contributed by atoms with E-state index in [1.807, 2.05) is 17.0 Å². The zero-order chi connectivity index (χ0) is 24.9. The Morgan fingerprint density at radius 2 is 1.39 bits per heavy atom. The van der Waals surface area contributed by atoms with Crippen molar-refractivity contribution in [3.05, 3.63) is 108 Å². The minimum Gasteiger partial charge on any atom is -0.324 e. The van der Waals surface area contributed by atoms with Crippen LogP contribution in [0.3, 0.4) is 0 Å². The summed E-state index contributed by atoms with van der Waals surface area (Å²) in [7, 11) is 4.17. The number of hydrogen-bond donors (Lipinski definition) is 1. The Morgan fingerprint density at radius 3 is 2.03 bits per heavy atom. The first kappa shape index (κ1) is 23.8. The van der Waals surface area contributed by atoms with E-state index in [0.717, 1.165) is 65.9 Å². The Labute approximate surface area is 212 Å². The van der Waals surface area contributed by atoms with Crippen molar-refractivity contribution < 1.29 is 0 Å². The van der Waals surface area contributed by atoms with Gasteiger partial charge in [0.15, 0.2) is 0 Å². The molecule has 0 unspecified atom stereocenters. The molecule has 0 radical (unpaired) electrons. The van der Waals surface area contributed by atoms with Crippen LogP contribution in [0.5, 0.6) is 0 Å². The van der Waals surface area contributed by atoms with Crippen molar-refractivity contribution in [2.75, 3.05) is 20.6 Å². The molecule has 0 aliphatic rings. The molecule has 1 N–H and O–H groups in total. The first-order valence-corrected chi connectivity index (χ1v) is 12.6. The first-order chi connectivity index (χ1) is 17.6. The average Bonchev–Trinajstić information content (AvgIpc) is 3.25. The first-order valence-electron chi connectivity index (χ1n) is 12.6. The van der Waals surface area contributed by atoms with Crippen LogP contribution in [0, 0.1) is 5.41 Å². The highest BCUT2D eigenvalue weighted by atomic mass is 15.1. The molecule has 0 bridgehead atoms. The van der Waals surface area contributed by atoms with Gasteiger partial charge in [-0.1, -0.05) is 91.0 Å². The van der Waals surface area contributed by atoms with Gasteiger partial charge in [0, 0.05) is 18.7 Å². The molecule has 0 aliphatic carbocycles. The second-order valence-electron chi connectivity index (χ2n) is 9.48. The van der Waals surface area contributed by atoms with Crippen molar-refractivity contribution in [2.24, 2.45) is 0 Å². The lowest BCUT2D eigenvalue weighted by atomic mass is 9.99. The maximum atomic E-state index is 9.28. The van der Waals surface area contributed by atoms with Crippen molar-refractivity contribution >= 4 is 11.0 Å². The van der Waals surface area contributed by atoms with Crippen LogP contribution in [-0.4, -0.2) is 39.7 Å². The van der Waals surface area contributed by atoms with Gasteiger partial charge in [-0.25, -0.2) is 4.98 Å². The third-order valence-electron chi connectivity index (χ3n) is 6.66. The summed E-state index contributed by atoms with van der Waals surface area (Å²) in [4.78, 5) is 7.16. The average molecular weight is 476 g/mol. The maximum Gasteiger partial charge on any atom is 0.146 e. The van der Waals surface area contributed by atoms with Gasteiger partial charge in [0.05, 0.1) is 17.4 Å². The Balaban J connectivity index is 1.74. The second-order valence-corrected chi connectivity index (χ2v) is 9.48. The van der Waals surface area contributed by atoms with Gasteiger partial charge in [0.2, 0.25) is 0 Å². The molecule has 182 valence electrons. The van der Waals surface area contributed by atoms with Gasteiger partial charge in [-0.3, -0.25) is 5.41 Å². The van der Waals surface area contributed by atoms with E-state index < -0.39 is 0 Å². The lowest BCUT2D eigenvalue weighted by Gasteiger charge is -2.13. The summed E-state index contributed by atoms with van der Waals surface area (Å²) in [6.45, 7) is 2.53. The zero-order valence-electron chi connectivity index (χ0n) is 21.1. The van der Waals surface area contributed by atoms with Gasteiger partial charge in [-0.2, -0.15) is 0 Å². The summed E-state index contributed by atoms with van der Waals surface area (Å²) >= 11 is 0. The monoisotopic (exact) mass is 475 g/mol. The van der Waals surface area contributed by atoms with Crippen LogP contribution in [-0.2, 0) is 19.5 Å². The van der Waals surface area contributed by atoms with Crippen LogP contribution in [0.4, 0.5) is 0 Å². The van der Waals surface area contributed by atoms with Crippen molar-refractivity contribution in [2.45, 2.75) is 25.9 Å². The van der Waals surface area contributed by atoms with Gasteiger partial charge in [-0.15, -0.1) is 0 Å². The van der Waals surface area contributed by atoms with Gasteiger partial charge < -0.3 is 14.0 Å². The van der Waals surface area contributed by atoms with Crippen molar-refractivity contribution in [3.8, 4) is 22.4 Å². The molecule has 5 rings (SSSR count). The lowest BCUT2D eigenvalue weighted by Crippen LogP contribution is -2.23.